The molecule has 1 saturated heterocycles. The van der Waals surface area contributed by atoms with Gasteiger partial charge in [0.05, 0.1) is 0 Å². The van der Waals surface area contributed by atoms with Crippen molar-refractivity contribution in [3.63, 3.8) is 0 Å². The van der Waals surface area contributed by atoms with E-state index in [4.69, 9.17) is 18.0 Å². The van der Waals surface area contributed by atoms with E-state index in [1.54, 1.807) is 0 Å². The predicted molar refractivity (Wildman–Crippen MR) is 90.4 cm³/mol. The highest BCUT2D eigenvalue weighted by molar-refractivity contribution is 8.00. The molecule has 0 bridgehead atoms. The van der Waals surface area contributed by atoms with E-state index in [9.17, 15) is 0 Å². The van der Waals surface area contributed by atoms with Crippen LogP contribution in [0.3, 0.4) is 0 Å². The van der Waals surface area contributed by atoms with E-state index >= 15 is 0 Å². The maximum Gasteiger partial charge on any atom is 0.106 e. The highest BCUT2D eigenvalue weighted by Crippen LogP contribution is 2.33. The molecule has 1 aliphatic rings. The zero-order valence-corrected chi connectivity index (χ0v) is 13.5. The average molecular weight is 294 g/mol. The normalized spacial score (nSPS) is 19.0. The van der Waals surface area contributed by atoms with Crippen LogP contribution in [0.25, 0.3) is 0 Å². The third-order valence-electron chi connectivity index (χ3n) is 3.60. The van der Waals surface area contributed by atoms with E-state index in [0.29, 0.717) is 9.74 Å². The smallest absolute Gasteiger partial charge is 0.106 e. The molecule has 1 heterocycles. The summed E-state index contributed by atoms with van der Waals surface area (Å²) in [6.07, 6.45) is 1.18. The monoisotopic (exact) mass is 294 g/mol. The van der Waals surface area contributed by atoms with E-state index < -0.39 is 0 Å². The summed E-state index contributed by atoms with van der Waals surface area (Å²) in [6.45, 7) is 8.86. The Hall–Kier alpha value is -0.740. The molecule has 0 saturated carbocycles. The molecule has 0 amide bonds. The van der Waals surface area contributed by atoms with Crippen molar-refractivity contribution < 1.29 is 0 Å². The zero-order valence-electron chi connectivity index (χ0n) is 11.9. The van der Waals surface area contributed by atoms with Crippen molar-refractivity contribution in [2.75, 3.05) is 23.7 Å². The first kappa shape index (κ1) is 14.7. The van der Waals surface area contributed by atoms with Crippen LogP contribution in [0.15, 0.2) is 18.2 Å². The quantitative estimate of drug-likeness (QED) is 0.847. The Morgan fingerprint density at radius 2 is 2.11 bits per heavy atom. The number of thiocarbonyl (C=S) groups is 1. The van der Waals surface area contributed by atoms with Gasteiger partial charge >= 0.3 is 0 Å². The van der Waals surface area contributed by atoms with Gasteiger partial charge in [0.1, 0.15) is 4.99 Å². The summed E-state index contributed by atoms with van der Waals surface area (Å²) in [5, 5.41) is 0. The molecule has 0 spiro atoms. The second kappa shape index (κ2) is 5.71. The van der Waals surface area contributed by atoms with Crippen molar-refractivity contribution in [1.29, 1.82) is 0 Å². The van der Waals surface area contributed by atoms with E-state index in [1.807, 2.05) is 0 Å². The maximum absolute atomic E-state index is 5.88. The van der Waals surface area contributed by atoms with Crippen molar-refractivity contribution in [3.05, 3.63) is 29.3 Å². The zero-order chi connectivity index (χ0) is 14.0. The number of nitrogens with zero attached hydrogens (tertiary/aromatic N) is 1. The molecule has 19 heavy (non-hydrogen) atoms. The van der Waals surface area contributed by atoms with Crippen molar-refractivity contribution in [2.24, 2.45) is 5.73 Å². The van der Waals surface area contributed by atoms with Gasteiger partial charge in [-0.15, -0.1) is 0 Å². The first-order valence-corrected chi connectivity index (χ1v) is 8.08. The van der Waals surface area contributed by atoms with Crippen LogP contribution in [0.1, 0.15) is 31.4 Å². The maximum atomic E-state index is 5.88. The number of anilines is 1. The Bertz CT molecular complexity index is 483. The number of nitrogens with two attached hydrogens (primary N) is 1. The SMILES string of the molecule is Cc1ccc(N2CCSC(C)(C)CC2)c(C(N)=S)c1. The van der Waals surface area contributed by atoms with E-state index in [1.165, 1.54) is 17.7 Å². The van der Waals surface area contributed by atoms with E-state index in [2.05, 4.69) is 55.6 Å². The molecular weight excluding hydrogens is 272 g/mol. The Morgan fingerprint density at radius 1 is 1.37 bits per heavy atom. The van der Waals surface area contributed by atoms with Crippen molar-refractivity contribution in [2.45, 2.75) is 31.9 Å². The topological polar surface area (TPSA) is 29.3 Å². The number of rotatable bonds is 2. The van der Waals surface area contributed by atoms with Crippen molar-refractivity contribution in [3.8, 4) is 0 Å². The predicted octanol–water partition coefficient (Wildman–Crippen LogP) is 3.35. The first-order chi connectivity index (χ1) is 8.89. The molecule has 2 rings (SSSR count). The fourth-order valence-electron chi connectivity index (χ4n) is 2.38. The van der Waals surface area contributed by atoms with Crippen molar-refractivity contribution >= 4 is 34.7 Å². The van der Waals surface area contributed by atoms with Crippen LogP contribution in [-0.2, 0) is 0 Å². The fourth-order valence-corrected chi connectivity index (χ4v) is 3.65. The van der Waals surface area contributed by atoms with Gasteiger partial charge in [-0.1, -0.05) is 37.7 Å². The average Bonchev–Trinajstić information content (AvgIpc) is 2.50. The molecule has 1 aromatic carbocycles. The number of benzene rings is 1. The van der Waals surface area contributed by atoms with Crippen LogP contribution in [0.2, 0.25) is 0 Å². The van der Waals surface area contributed by atoms with Gasteiger partial charge in [-0.25, -0.2) is 0 Å². The Balaban J connectivity index is 2.29. The molecule has 4 heteroatoms. The summed E-state index contributed by atoms with van der Waals surface area (Å²) in [7, 11) is 0. The van der Waals surface area contributed by atoms with Gasteiger partial charge in [0.2, 0.25) is 0 Å². The fraction of sp³-hybridized carbons (Fsp3) is 0.533. The number of hydrogen-bond acceptors (Lipinski definition) is 3. The largest absolute Gasteiger partial charge is 0.389 e. The second-order valence-corrected chi connectivity index (χ2v) is 7.97. The van der Waals surface area contributed by atoms with Gasteiger partial charge in [-0.05, 0) is 25.5 Å². The number of aryl methyl sites for hydroxylation is 1. The standard InChI is InChI=1S/C15H22N2S2/c1-11-4-5-13(12(10-11)14(16)18)17-7-6-15(2,3)19-9-8-17/h4-5,10H,6-9H2,1-3H3,(H2,16,18). The van der Waals surface area contributed by atoms with E-state index in [0.717, 1.165) is 24.4 Å². The summed E-state index contributed by atoms with van der Waals surface area (Å²) < 4.78 is 0.364. The van der Waals surface area contributed by atoms with Gasteiger partial charge in [-0.3, -0.25) is 0 Å². The van der Waals surface area contributed by atoms with E-state index in [-0.39, 0.29) is 0 Å². The van der Waals surface area contributed by atoms with Crippen LogP contribution in [0, 0.1) is 6.92 Å². The molecule has 0 atom stereocenters. The molecule has 1 aliphatic heterocycles. The minimum atomic E-state index is 0.364. The van der Waals surface area contributed by atoms with Crippen LogP contribution in [0.4, 0.5) is 5.69 Å². The van der Waals surface area contributed by atoms with Crippen LogP contribution < -0.4 is 10.6 Å². The number of thioether (sulfide) groups is 1. The molecule has 2 N–H and O–H groups in total. The molecule has 0 aromatic heterocycles. The molecule has 2 nitrogen and oxygen atoms in total. The lowest BCUT2D eigenvalue weighted by atomic mass is 10.1. The summed E-state index contributed by atoms with van der Waals surface area (Å²) in [4.78, 5) is 2.92. The molecule has 104 valence electrons. The first-order valence-electron chi connectivity index (χ1n) is 6.68. The van der Waals surface area contributed by atoms with Crippen LogP contribution in [0.5, 0.6) is 0 Å². The third-order valence-corrected chi connectivity index (χ3v) is 5.19. The molecule has 0 radical (unpaired) electrons. The highest BCUT2D eigenvalue weighted by atomic mass is 32.2. The second-order valence-electron chi connectivity index (χ2n) is 5.73. The van der Waals surface area contributed by atoms with Crippen LogP contribution in [-0.4, -0.2) is 28.6 Å². The summed E-state index contributed by atoms with van der Waals surface area (Å²) >= 11 is 7.25. The summed E-state index contributed by atoms with van der Waals surface area (Å²) in [5.74, 6) is 1.15. The Labute approximate surface area is 125 Å². The third kappa shape index (κ3) is 3.63. The van der Waals surface area contributed by atoms with Gasteiger partial charge in [0, 0.05) is 34.8 Å². The minimum absolute atomic E-state index is 0.364. The van der Waals surface area contributed by atoms with Gasteiger partial charge in [0.15, 0.2) is 0 Å². The van der Waals surface area contributed by atoms with Gasteiger partial charge in [-0.2, -0.15) is 11.8 Å². The lowest BCUT2D eigenvalue weighted by Crippen LogP contribution is -2.29. The number of hydrogen-bond donors (Lipinski definition) is 1. The highest BCUT2D eigenvalue weighted by Gasteiger charge is 2.24. The molecule has 1 aromatic rings. The Kier molecular flexibility index (Phi) is 4.41. The van der Waals surface area contributed by atoms with Crippen molar-refractivity contribution in [1.82, 2.24) is 0 Å². The molecular formula is C15H22N2S2. The van der Waals surface area contributed by atoms with Gasteiger partial charge < -0.3 is 10.6 Å². The molecule has 0 aliphatic carbocycles. The molecule has 0 unspecified atom stereocenters. The van der Waals surface area contributed by atoms with Gasteiger partial charge in [0.25, 0.3) is 0 Å². The van der Waals surface area contributed by atoms with Crippen LogP contribution >= 0.6 is 24.0 Å². The Morgan fingerprint density at radius 3 is 2.79 bits per heavy atom. The lowest BCUT2D eigenvalue weighted by Gasteiger charge is -2.26. The lowest BCUT2D eigenvalue weighted by molar-refractivity contribution is 0.637. The minimum Gasteiger partial charge on any atom is -0.389 e. The summed E-state index contributed by atoms with van der Waals surface area (Å²) in [5.41, 5.74) is 9.29. The molecule has 1 fully saturated rings. The summed E-state index contributed by atoms with van der Waals surface area (Å²) in [6, 6.07) is 6.40.